The third-order valence-corrected chi connectivity index (χ3v) is 6.98. The van der Waals surface area contributed by atoms with Crippen molar-refractivity contribution in [2.24, 2.45) is 5.16 Å². The van der Waals surface area contributed by atoms with Crippen LogP contribution >= 0.6 is 0 Å². The Balaban J connectivity index is 1.25. The topological polar surface area (TPSA) is 113 Å². The zero-order chi connectivity index (χ0) is 27.2. The molecule has 3 saturated heterocycles. The first-order chi connectivity index (χ1) is 18.2. The molecule has 210 valence electrons. The average Bonchev–Trinajstić information content (AvgIpc) is 2.89. The fraction of sp³-hybridized carbons (Fsp3) is 0.654. The van der Waals surface area contributed by atoms with Gasteiger partial charge in [-0.15, -0.1) is 0 Å². The quantitative estimate of drug-likeness (QED) is 0.508. The number of carboxylic acid groups (broad SMARTS) is 1. The molecule has 2 unspecified atom stereocenters. The molecule has 1 aromatic carbocycles. The van der Waals surface area contributed by atoms with E-state index in [9.17, 15) is 14.0 Å². The maximum Gasteiger partial charge on any atom is 0.410 e. The number of hydrogen-bond donors (Lipinski definition) is 2. The largest absolute Gasteiger partial charge is 0.481 e. The molecule has 38 heavy (non-hydrogen) atoms. The number of benzene rings is 1. The Morgan fingerprint density at radius 2 is 1.87 bits per heavy atom. The smallest absolute Gasteiger partial charge is 0.410 e. The van der Waals surface area contributed by atoms with Crippen molar-refractivity contribution in [3.8, 4) is 0 Å². The van der Waals surface area contributed by atoms with E-state index in [2.05, 4.69) is 10.5 Å². The van der Waals surface area contributed by atoms with Gasteiger partial charge >= 0.3 is 12.1 Å². The van der Waals surface area contributed by atoms with E-state index in [1.165, 1.54) is 12.1 Å². The van der Waals surface area contributed by atoms with Crippen LogP contribution in [0.15, 0.2) is 17.3 Å². The van der Waals surface area contributed by atoms with Crippen LogP contribution in [0.5, 0.6) is 0 Å². The van der Waals surface area contributed by atoms with Gasteiger partial charge in [0.15, 0.2) is 0 Å². The fourth-order valence-electron chi connectivity index (χ4n) is 4.88. The van der Waals surface area contributed by atoms with E-state index in [-0.39, 0.29) is 49.1 Å². The highest BCUT2D eigenvalue weighted by atomic mass is 19.1. The third kappa shape index (κ3) is 7.31. The predicted octanol–water partition coefficient (Wildman–Crippen LogP) is 3.45. The fourth-order valence-corrected chi connectivity index (χ4v) is 4.88. The zero-order valence-electron chi connectivity index (χ0n) is 21.8. The summed E-state index contributed by atoms with van der Waals surface area (Å²) < 4.78 is 40.7. The summed E-state index contributed by atoms with van der Waals surface area (Å²) in [6, 6.07) is 1.86. The van der Waals surface area contributed by atoms with Crippen molar-refractivity contribution in [2.45, 2.75) is 70.3 Å². The van der Waals surface area contributed by atoms with Gasteiger partial charge in [-0.1, -0.05) is 5.16 Å². The first kappa shape index (κ1) is 28.0. The molecule has 12 heteroatoms. The van der Waals surface area contributed by atoms with Crippen LogP contribution in [0.4, 0.5) is 19.3 Å². The van der Waals surface area contributed by atoms with Crippen molar-refractivity contribution >= 4 is 23.5 Å². The van der Waals surface area contributed by atoms with Crippen LogP contribution in [0.2, 0.25) is 0 Å². The minimum atomic E-state index is -0.968. The van der Waals surface area contributed by atoms with Gasteiger partial charge in [0.25, 0.3) is 0 Å². The second kappa shape index (κ2) is 12.7. The number of carbonyl (C=O) groups is 2. The summed E-state index contributed by atoms with van der Waals surface area (Å²) >= 11 is 0. The van der Waals surface area contributed by atoms with Crippen molar-refractivity contribution in [1.29, 1.82) is 0 Å². The van der Waals surface area contributed by atoms with Crippen LogP contribution in [-0.4, -0.2) is 85.4 Å². The number of hydrogen-bond acceptors (Lipinski definition) is 8. The van der Waals surface area contributed by atoms with Crippen molar-refractivity contribution < 1.29 is 37.8 Å². The second-order valence-electron chi connectivity index (χ2n) is 10.2. The molecule has 0 radical (unpaired) electrons. The SMILES string of the molecule is CC(C)OC(=O)N1CCC(ON=C2CCN(c3cc(F)c(C4COC(CC(=O)O)CN4)cc3F)CC2)CC1. The van der Waals surface area contributed by atoms with Crippen LogP contribution in [-0.2, 0) is 19.1 Å². The summed E-state index contributed by atoms with van der Waals surface area (Å²) in [6.07, 6.45) is 1.33. The molecule has 0 spiro atoms. The Morgan fingerprint density at radius 1 is 1.16 bits per heavy atom. The first-order valence-electron chi connectivity index (χ1n) is 13.2. The number of likely N-dealkylation sites (tertiary alicyclic amines) is 1. The molecule has 2 N–H and O–H groups in total. The number of morpholine rings is 1. The Hall–Kier alpha value is -2.99. The number of piperidine rings is 2. The van der Waals surface area contributed by atoms with E-state index in [1.807, 2.05) is 13.8 Å². The molecule has 3 aliphatic heterocycles. The molecule has 0 aromatic heterocycles. The highest BCUT2D eigenvalue weighted by Crippen LogP contribution is 2.30. The minimum absolute atomic E-state index is 0.0677. The predicted molar refractivity (Wildman–Crippen MR) is 135 cm³/mol. The number of halogens is 2. The highest BCUT2D eigenvalue weighted by Gasteiger charge is 2.29. The number of aliphatic carboxylic acids is 1. The summed E-state index contributed by atoms with van der Waals surface area (Å²) in [6.45, 7) is 6.04. The molecular formula is C26H36F2N4O6. The second-order valence-corrected chi connectivity index (χ2v) is 10.2. The number of carboxylic acids is 1. The van der Waals surface area contributed by atoms with E-state index in [0.717, 1.165) is 5.71 Å². The van der Waals surface area contributed by atoms with Crippen molar-refractivity contribution in [3.63, 3.8) is 0 Å². The molecule has 3 heterocycles. The number of oxime groups is 1. The molecule has 4 rings (SSSR count). The molecular weight excluding hydrogens is 502 g/mol. The van der Waals surface area contributed by atoms with Crippen LogP contribution in [0.1, 0.15) is 57.6 Å². The van der Waals surface area contributed by atoms with Gasteiger partial charge in [0.05, 0.1) is 42.7 Å². The Bertz CT molecular complexity index is 1010. The minimum Gasteiger partial charge on any atom is -0.481 e. The Morgan fingerprint density at radius 3 is 2.47 bits per heavy atom. The third-order valence-electron chi connectivity index (χ3n) is 6.98. The van der Waals surface area contributed by atoms with Gasteiger partial charge in [0, 0.05) is 70.0 Å². The van der Waals surface area contributed by atoms with E-state index in [1.54, 1.807) is 9.80 Å². The highest BCUT2D eigenvalue weighted by molar-refractivity contribution is 5.86. The lowest BCUT2D eigenvalue weighted by atomic mass is 10.0. The van der Waals surface area contributed by atoms with Crippen LogP contribution in [0.25, 0.3) is 0 Å². The number of nitrogens with zero attached hydrogens (tertiary/aromatic N) is 3. The monoisotopic (exact) mass is 538 g/mol. The van der Waals surface area contributed by atoms with E-state index < -0.39 is 29.7 Å². The molecule has 0 bridgehead atoms. The molecule has 3 aliphatic rings. The number of rotatable bonds is 7. The number of anilines is 1. The average molecular weight is 539 g/mol. The normalized spacial score (nSPS) is 22.9. The standard InChI is InChI=1S/C26H36F2N4O6/c1-16(2)37-26(35)32-9-5-18(6-10-32)38-30-17-3-7-31(8-4-17)24-13-21(27)20(12-22(24)28)23-15-36-19(14-29-23)11-25(33)34/h12-13,16,18-19,23,29H,3-11,14-15H2,1-2H3,(H,33,34). The zero-order valence-corrected chi connectivity index (χ0v) is 21.8. The van der Waals surface area contributed by atoms with E-state index >= 15 is 4.39 Å². The summed E-state index contributed by atoms with van der Waals surface area (Å²) in [5.41, 5.74) is 1.24. The summed E-state index contributed by atoms with van der Waals surface area (Å²) in [5.74, 6) is -2.02. The van der Waals surface area contributed by atoms with Crippen LogP contribution in [0.3, 0.4) is 0 Å². The molecule has 0 aliphatic carbocycles. The summed E-state index contributed by atoms with van der Waals surface area (Å²) in [7, 11) is 0. The number of nitrogens with one attached hydrogen (secondary N) is 1. The van der Waals surface area contributed by atoms with E-state index in [0.29, 0.717) is 51.9 Å². The number of carbonyl (C=O) groups excluding carboxylic acids is 1. The van der Waals surface area contributed by atoms with Crippen LogP contribution < -0.4 is 10.2 Å². The van der Waals surface area contributed by atoms with Crippen molar-refractivity contribution in [3.05, 3.63) is 29.3 Å². The number of ether oxygens (including phenoxy) is 2. The molecule has 10 nitrogen and oxygen atoms in total. The van der Waals surface area contributed by atoms with Gasteiger partial charge in [0.1, 0.15) is 17.7 Å². The lowest BCUT2D eigenvalue weighted by Gasteiger charge is -2.33. The van der Waals surface area contributed by atoms with Gasteiger partial charge in [-0.25, -0.2) is 13.6 Å². The molecule has 0 saturated carbocycles. The lowest BCUT2D eigenvalue weighted by Crippen LogP contribution is -2.42. The summed E-state index contributed by atoms with van der Waals surface area (Å²) in [4.78, 5) is 32.1. The Labute approximate surface area is 220 Å². The van der Waals surface area contributed by atoms with Crippen molar-refractivity contribution in [1.82, 2.24) is 10.2 Å². The van der Waals surface area contributed by atoms with Gasteiger partial charge < -0.3 is 34.5 Å². The van der Waals surface area contributed by atoms with E-state index in [4.69, 9.17) is 19.4 Å². The maximum atomic E-state index is 15.0. The summed E-state index contributed by atoms with van der Waals surface area (Å²) in [5, 5.41) is 16.3. The lowest BCUT2D eigenvalue weighted by molar-refractivity contribution is -0.141. The number of amides is 1. The first-order valence-corrected chi connectivity index (χ1v) is 13.2. The Kier molecular flexibility index (Phi) is 9.37. The molecule has 3 fully saturated rings. The molecule has 1 amide bonds. The van der Waals surface area contributed by atoms with Gasteiger partial charge in [-0.05, 0) is 19.9 Å². The molecule has 2 atom stereocenters. The van der Waals surface area contributed by atoms with Gasteiger partial charge in [-0.3, -0.25) is 4.79 Å². The molecule has 1 aromatic rings. The van der Waals surface area contributed by atoms with Crippen LogP contribution in [0, 0.1) is 11.6 Å². The van der Waals surface area contributed by atoms with Gasteiger partial charge in [-0.2, -0.15) is 0 Å². The van der Waals surface area contributed by atoms with Crippen molar-refractivity contribution in [2.75, 3.05) is 44.2 Å². The van der Waals surface area contributed by atoms with Gasteiger partial charge in [0.2, 0.25) is 0 Å². The maximum absolute atomic E-state index is 15.0.